The van der Waals surface area contributed by atoms with E-state index in [4.69, 9.17) is 5.26 Å². The Bertz CT molecular complexity index is 353. The number of carbonyl (C=O) groups is 1. The summed E-state index contributed by atoms with van der Waals surface area (Å²) in [6.45, 7) is 0.0874. The number of carbonyl (C=O) groups excluding carboxylic acids is 1. The molecule has 0 atom stereocenters. The maximum atomic E-state index is 10.8. The molecule has 5 nitrogen and oxygen atoms in total. The van der Waals surface area contributed by atoms with Crippen molar-refractivity contribution in [1.29, 1.82) is 5.26 Å². The van der Waals surface area contributed by atoms with Gasteiger partial charge in [0.15, 0.2) is 0 Å². The van der Waals surface area contributed by atoms with Crippen LogP contribution in [-0.4, -0.2) is 24.6 Å². The quantitative estimate of drug-likeness (QED) is 0.705. The first-order valence-electron chi connectivity index (χ1n) is 3.93. The van der Waals surface area contributed by atoms with Gasteiger partial charge in [0, 0.05) is 0 Å². The molecule has 0 saturated heterocycles. The standard InChI is InChI=1S/C9H9N3O2/c1-14-9(13)6-12-8-3-2-7(4-10)11-5-8/h2-3,5,12H,6H2,1H3. The second-order valence-corrected chi connectivity index (χ2v) is 2.47. The normalized spacial score (nSPS) is 8.86. The number of nitrogens with zero attached hydrogens (tertiary/aromatic N) is 2. The molecule has 1 heterocycles. The molecule has 0 aliphatic heterocycles. The van der Waals surface area contributed by atoms with Gasteiger partial charge in [0.25, 0.3) is 0 Å². The summed E-state index contributed by atoms with van der Waals surface area (Å²) in [5.41, 5.74) is 1.02. The van der Waals surface area contributed by atoms with E-state index < -0.39 is 0 Å². The number of pyridine rings is 1. The molecule has 0 radical (unpaired) electrons. The van der Waals surface area contributed by atoms with Gasteiger partial charge in [-0.05, 0) is 12.1 Å². The molecule has 14 heavy (non-hydrogen) atoms. The Hall–Kier alpha value is -2.09. The third-order valence-corrected chi connectivity index (χ3v) is 1.54. The molecule has 0 bridgehead atoms. The second-order valence-electron chi connectivity index (χ2n) is 2.47. The van der Waals surface area contributed by atoms with Crippen LogP contribution in [0.15, 0.2) is 18.3 Å². The Labute approximate surface area is 81.3 Å². The van der Waals surface area contributed by atoms with E-state index in [1.807, 2.05) is 6.07 Å². The van der Waals surface area contributed by atoms with E-state index in [9.17, 15) is 4.79 Å². The summed E-state index contributed by atoms with van der Waals surface area (Å²) in [7, 11) is 1.32. The lowest BCUT2D eigenvalue weighted by Crippen LogP contribution is -2.14. The molecule has 0 unspecified atom stereocenters. The first-order valence-corrected chi connectivity index (χ1v) is 3.93. The Morgan fingerprint density at radius 3 is 3.00 bits per heavy atom. The molecule has 0 spiro atoms. The smallest absolute Gasteiger partial charge is 0.325 e. The van der Waals surface area contributed by atoms with E-state index in [1.54, 1.807) is 12.1 Å². The monoisotopic (exact) mass is 191 g/mol. The molecule has 1 aromatic rings. The molecular weight excluding hydrogens is 182 g/mol. The van der Waals surface area contributed by atoms with Gasteiger partial charge in [-0.2, -0.15) is 5.26 Å². The third kappa shape index (κ3) is 2.75. The number of ether oxygens (including phenoxy) is 1. The molecule has 72 valence electrons. The number of hydrogen-bond donors (Lipinski definition) is 1. The topological polar surface area (TPSA) is 75.0 Å². The van der Waals surface area contributed by atoms with Crippen LogP contribution in [0.1, 0.15) is 5.69 Å². The molecule has 1 N–H and O–H groups in total. The average molecular weight is 191 g/mol. The molecule has 0 amide bonds. The molecule has 5 heteroatoms. The van der Waals surface area contributed by atoms with Crippen LogP contribution in [0, 0.1) is 11.3 Å². The van der Waals surface area contributed by atoms with Gasteiger partial charge in [-0.1, -0.05) is 0 Å². The van der Waals surface area contributed by atoms with Crippen LogP contribution in [0.5, 0.6) is 0 Å². The van der Waals surface area contributed by atoms with E-state index >= 15 is 0 Å². The Kier molecular flexibility index (Phi) is 3.44. The molecule has 0 fully saturated rings. The van der Waals surface area contributed by atoms with E-state index in [0.717, 1.165) is 0 Å². The number of hydrogen-bond acceptors (Lipinski definition) is 5. The number of aromatic nitrogens is 1. The van der Waals surface area contributed by atoms with Crippen molar-refractivity contribution in [3.8, 4) is 6.07 Å². The molecule has 0 aliphatic rings. The number of nitrogens with one attached hydrogen (secondary N) is 1. The zero-order chi connectivity index (χ0) is 10.4. The fourth-order valence-electron chi connectivity index (χ4n) is 0.811. The summed E-state index contributed by atoms with van der Waals surface area (Å²) in [6.07, 6.45) is 1.49. The first-order chi connectivity index (χ1) is 6.76. The molecule has 0 saturated carbocycles. The minimum absolute atomic E-state index is 0.0874. The van der Waals surface area contributed by atoms with E-state index in [1.165, 1.54) is 13.3 Å². The SMILES string of the molecule is COC(=O)CNc1ccc(C#N)nc1. The molecule has 0 aromatic carbocycles. The van der Waals surface area contributed by atoms with Crippen LogP contribution in [-0.2, 0) is 9.53 Å². The zero-order valence-corrected chi connectivity index (χ0v) is 7.65. The zero-order valence-electron chi connectivity index (χ0n) is 7.65. The summed E-state index contributed by atoms with van der Waals surface area (Å²) in [5.74, 6) is -0.352. The lowest BCUT2D eigenvalue weighted by molar-refractivity contribution is -0.138. The minimum Gasteiger partial charge on any atom is -0.468 e. The predicted molar refractivity (Wildman–Crippen MR) is 49.5 cm³/mol. The van der Waals surface area contributed by atoms with Gasteiger partial charge in [-0.25, -0.2) is 4.98 Å². The van der Waals surface area contributed by atoms with Crippen LogP contribution >= 0.6 is 0 Å². The number of nitriles is 1. The van der Waals surface area contributed by atoms with Gasteiger partial charge >= 0.3 is 5.97 Å². The maximum Gasteiger partial charge on any atom is 0.325 e. The van der Waals surface area contributed by atoms with Crippen LogP contribution in [0.25, 0.3) is 0 Å². The number of anilines is 1. The highest BCUT2D eigenvalue weighted by Crippen LogP contribution is 2.04. The van der Waals surface area contributed by atoms with Gasteiger partial charge in [-0.15, -0.1) is 0 Å². The van der Waals surface area contributed by atoms with Crippen molar-refractivity contribution >= 4 is 11.7 Å². The fraction of sp³-hybridized carbons (Fsp3) is 0.222. The van der Waals surface area contributed by atoms with Gasteiger partial charge < -0.3 is 10.1 Å². The maximum absolute atomic E-state index is 10.8. The van der Waals surface area contributed by atoms with Crippen LogP contribution in [0.3, 0.4) is 0 Å². The third-order valence-electron chi connectivity index (χ3n) is 1.54. The van der Waals surface area contributed by atoms with E-state index in [2.05, 4.69) is 15.0 Å². The van der Waals surface area contributed by atoms with Crippen LogP contribution in [0.4, 0.5) is 5.69 Å². The highest BCUT2D eigenvalue weighted by Gasteiger charge is 1.99. The molecular formula is C9H9N3O2. The van der Waals surface area contributed by atoms with Crippen molar-refractivity contribution in [2.75, 3.05) is 19.0 Å². The summed E-state index contributed by atoms with van der Waals surface area (Å²) < 4.78 is 4.44. The van der Waals surface area contributed by atoms with Crippen molar-refractivity contribution in [1.82, 2.24) is 4.98 Å². The number of esters is 1. The first kappa shape index (κ1) is 9.99. The highest BCUT2D eigenvalue weighted by molar-refractivity contribution is 5.74. The molecule has 0 aliphatic carbocycles. The van der Waals surface area contributed by atoms with Gasteiger partial charge in [-0.3, -0.25) is 4.79 Å². The van der Waals surface area contributed by atoms with Crippen molar-refractivity contribution < 1.29 is 9.53 Å². The molecule has 1 rings (SSSR count). The summed E-state index contributed by atoms with van der Waals surface area (Å²) >= 11 is 0. The van der Waals surface area contributed by atoms with Gasteiger partial charge in [0.05, 0.1) is 19.0 Å². The van der Waals surface area contributed by atoms with E-state index in [-0.39, 0.29) is 12.5 Å². The van der Waals surface area contributed by atoms with Crippen molar-refractivity contribution in [2.45, 2.75) is 0 Å². The Balaban J connectivity index is 2.53. The highest BCUT2D eigenvalue weighted by atomic mass is 16.5. The minimum atomic E-state index is -0.352. The Morgan fingerprint density at radius 1 is 1.71 bits per heavy atom. The fourth-order valence-corrected chi connectivity index (χ4v) is 0.811. The van der Waals surface area contributed by atoms with Crippen molar-refractivity contribution in [2.24, 2.45) is 0 Å². The molecule has 1 aromatic heterocycles. The van der Waals surface area contributed by atoms with Gasteiger partial charge in [0.2, 0.25) is 0 Å². The number of rotatable bonds is 3. The van der Waals surface area contributed by atoms with Crippen LogP contribution < -0.4 is 5.32 Å². The Morgan fingerprint density at radius 2 is 2.50 bits per heavy atom. The number of methoxy groups -OCH3 is 1. The lowest BCUT2D eigenvalue weighted by atomic mass is 10.3. The summed E-state index contributed by atoms with van der Waals surface area (Å²) in [4.78, 5) is 14.6. The predicted octanol–water partition coefficient (Wildman–Crippen LogP) is 0.538. The largest absolute Gasteiger partial charge is 0.468 e. The van der Waals surface area contributed by atoms with Gasteiger partial charge in [0.1, 0.15) is 18.3 Å². The van der Waals surface area contributed by atoms with Crippen molar-refractivity contribution in [3.63, 3.8) is 0 Å². The van der Waals surface area contributed by atoms with Crippen molar-refractivity contribution in [3.05, 3.63) is 24.0 Å². The lowest BCUT2D eigenvalue weighted by Gasteiger charge is -2.03. The summed E-state index contributed by atoms with van der Waals surface area (Å²) in [6, 6.07) is 5.14. The van der Waals surface area contributed by atoms with E-state index in [0.29, 0.717) is 11.4 Å². The van der Waals surface area contributed by atoms with Crippen LogP contribution in [0.2, 0.25) is 0 Å². The second kappa shape index (κ2) is 4.82. The average Bonchev–Trinajstić information content (AvgIpc) is 2.26. The summed E-state index contributed by atoms with van der Waals surface area (Å²) in [5, 5.41) is 11.3.